The second-order valence-corrected chi connectivity index (χ2v) is 9.32. The monoisotopic (exact) mass is 438 g/mol. The smallest absolute Gasteiger partial charge is 0.243 e. The molecule has 6 nitrogen and oxygen atoms in total. The number of nitrogens with one attached hydrogen (secondary N) is 1. The third-order valence-electron chi connectivity index (χ3n) is 4.65. The van der Waals surface area contributed by atoms with Gasteiger partial charge in [0.25, 0.3) is 0 Å². The normalized spacial score (nSPS) is 12.3. The number of rotatable bonds is 8. The number of halogens is 1. The van der Waals surface area contributed by atoms with E-state index in [2.05, 4.69) is 5.32 Å². The molecule has 0 radical (unpaired) electrons. The molecule has 1 N–H and O–H groups in total. The number of aryl methyl sites for hydroxylation is 3. The Morgan fingerprint density at radius 1 is 1.10 bits per heavy atom. The summed E-state index contributed by atoms with van der Waals surface area (Å²) in [6, 6.07) is 9.78. The Bertz CT molecular complexity index is 992. The van der Waals surface area contributed by atoms with Crippen LogP contribution in [0.5, 0.6) is 5.75 Å². The van der Waals surface area contributed by atoms with Crippen LogP contribution < -0.4 is 14.4 Å². The van der Waals surface area contributed by atoms with Crippen LogP contribution in [0.15, 0.2) is 36.4 Å². The molecule has 0 heterocycles. The van der Waals surface area contributed by atoms with Gasteiger partial charge in [0.2, 0.25) is 15.9 Å². The molecule has 0 saturated heterocycles. The van der Waals surface area contributed by atoms with E-state index in [1.165, 1.54) is 0 Å². The summed E-state index contributed by atoms with van der Waals surface area (Å²) in [7, 11) is -3.65. The maximum atomic E-state index is 12.6. The van der Waals surface area contributed by atoms with Crippen LogP contribution in [0.1, 0.15) is 23.6 Å². The van der Waals surface area contributed by atoms with Crippen LogP contribution >= 0.6 is 11.6 Å². The Balaban J connectivity index is 2.01. The van der Waals surface area contributed by atoms with Crippen LogP contribution in [-0.2, 0) is 14.8 Å². The Morgan fingerprint density at radius 3 is 2.34 bits per heavy atom. The topological polar surface area (TPSA) is 75.7 Å². The van der Waals surface area contributed by atoms with E-state index >= 15 is 0 Å². The van der Waals surface area contributed by atoms with Gasteiger partial charge < -0.3 is 10.1 Å². The molecule has 29 heavy (non-hydrogen) atoms. The minimum Gasteiger partial charge on any atom is -0.492 e. The highest BCUT2D eigenvalue weighted by Crippen LogP contribution is 2.24. The maximum Gasteiger partial charge on any atom is 0.243 e. The largest absolute Gasteiger partial charge is 0.492 e. The summed E-state index contributed by atoms with van der Waals surface area (Å²) in [6.45, 7) is 7.78. The fourth-order valence-corrected chi connectivity index (χ4v) is 4.16. The van der Waals surface area contributed by atoms with E-state index in [1.807, 2.05) is 32.9 Å². The Labute approximate surface area is 177 Å². The van der Waals surface area contributed by atoms with Crippen molar-refractivity contribution in [3.05, 3.63) is 58.1 Å². The summed E-state index contributed by atoms with van der Waals surface area (Å²) >= 11 is 6.06. The van der Waals surface area contributed by atoms with Crippen LogP contribution in [0.2, 0.25) is 5.02 Å². The first-order valence-corrected chi connectivity index (χ1v) is 11.5. The molecule has 0 aliphatic carbocycles. The summed E-state index contributed by atoms with van der Waals surface area (Å²) in [5.74, 6) is 0.204. The van der Waals surface area contributed by atoms with Gasteiger partial charge in [-0.3, -0.25) is 9.10 Å². The first-order valence-electron chi connectivity index (χ1n) is 9.24. The van der Waals surface area contributed by atoms with E-state index < -0.39 is 22.0 Å². The lowest BCUT2D eigenvalue weighted by Crippen LogP contribution is -2.48. The molecule has 0 fully saturated rings. The SMILES string of the molecule is Cc1ccc(N(C(C)C(=O)NCCOc2ccc(C)c(Cl)c2)S(C)(=O)=O)cc1C. The summed E-state index contributed by atoms with van der Waals surface area (Å²) < 4.78 is 31.4. The standard InChI is InChI=1S/C21H27ClN2O4S/c1-14-6-8-18(12-16(14)3)24(29(5,26)27)17(4)21(25)23-10-11-28-19-9-7-15(2)20(22)13-19/h6-9,12-13,17H,10-11H2,1-5H3,(H,23,25). The quantitative estimate of drug-likeness (QED) is 0.639. The first kappa shape index (κ1) is 23.0. The summed E-state index contributed by atoms with van der Waals surface area (Å²) in [6.07, 6.45) is 1.09. The van der Waals surface area contributed by atoms with Crippen molar-refractivity contribution in [2.75, 3.05) is 23.7 Å². The zero-order valence-electron chi connectivity index (χ0n) is 17.3. The van der Waals surface area contributed by atoms with Gasteiger partial charge in [0.1, 0.15) is 18.4 Å². The number of hydrogen-bond donors (Lipinski definition) is 1. The van der Waals surface area contributed by atoms with Crippen LogP contribution in [0, 0.1) is 20.8 Å². The average Bonchev–Trinajstić information content (AvgIpc) is 2.63. The van der Waals surface area contributed by atoms with Crippen molar-refractivity contribution >= 4 is 33.2 Å². The lowest BCUT2D eigenvalue weighted by molar-refractivity contribution is -0.121. The number of sulfonamides is 1. The predicted octanol–water partition coefficient (Wildman–Crippen LogP) is 3.61. The molecule has 2 aromatic rings. The van der Waals surface area contributed by atoms with Gasteiger partial charge in [-0.1, -0.05) is 23.7 Å². The molecule has 1 amide bonds. The van der Waals surface area contributed by atoms with E-state index in [4.69, 9.17) is 16.3 Å². The van der Waals surface area contributed by atoms with Crippen LogP contribution in [0.25, 0.3) is 0 Å². The molecule has 2 aromatic carbocycles. The third kappa shape index (κ3) is 6.11. The molecule has 2 rings (SSSR count). The molecule has 8 heteroatoms. The number of carbonyl (C=O) groups is 1. The molecule has 158 valence electrons. The fourth-order valence-electron chi connectivity index (χ4n) is 2.83. The van der Waals surface area contributed by atoms with Crippen molar-refractivity contribution < 1.29 is 17.9 Å². The second-order valence-electron chi connectivity index (χ2n) is 7.05. The summed E-state index contributed by atoms with van der Waals surface area (Å²) in [5.41, 5.74) is 3.42. The number of ether oxygens (including phenoxy) is 1. The minimum atomic E-state index is -3.65. The van der Waals surface area contributed by atoms with Crippen molar-refractivity contribution in [2.45, 2.75) is 33.7 Å². The molecular formula is C21H27ClN2O4S. The summed E-state index contributed by atoms with van der Waals surface area (Å²) in [4.78, 5) is 12.6. The highest BCUT2D eigenvalue weighted by Gasteiger charge is 2.29. The molecule has 0 bridgehead atoms. The van der Waals surface area contributed by atoms with Crippen molar-refractivity contribution in [3.8, 4) is 5.75 Å². The first-order chi connectivity index (χ1) is 13.5. The van der Waals surface area contributed by atoms with E-state index in [0.29, 0.717) is 16.5 Å². The van der Waals surface area contributed by atoms with Crippen molar-refractivity contribution in [1.29, 1.82) is 0 Å². The molecule has 1 unspecified atom stereocenters. The Morgan fingerprint density at radius 2 is 1.76 bits per heavy atom. The zero-order valence-corrected chi connectivity index (χ0v) is 18.9. The van der Waals surface area contributed by atoms with Gasteiger partial charge in [0.15, 0.2) is 0 Å². The maximum absolute atomic E-state index is 12.6. The van der Waals surface area contributed by atoms with E-state index in [1.54, 1.807) is 31.2 Å². The Hall–Kier alpha value is -2.25. The zero-order chi connectivity index (χ0) is 21.8. The molecular weight excluding hydrogens is 412 g/mol. The highest BCUT2D eigenvalue weighted by atomic mass is 35.5. The van der Waals surface area contributed by atoms with Gasteiger partial charge >= 0.3 is 0 Å². The van der Waals surface area contributed by atoms with Crippen molar-refractivity contribution in [2.24, 2.45) is 0 Å². The molecule has 1 atom stereocenters. The minimum absolute atomic E-state index is 0.235. The number of nitrogens with zero attached hydrogens (tertiary/aromatic N) is 1. The molecule has 0 saturated carbocycles. The number of anilines is 1. The summed E-state index contributed by atoms with van der Waals surface area (Å²) in [5, 5.41) is 3.33. The molecule has 0 aliphatic rings. The number of amides is 1. The van der Waals surface area contributed by atoms with Crippen LogP contribution in [0.3, 0.4) is 0 Å². The van der Waals surface area contributed by atoms with Gasteiger partial charge in [-0.25, -0.2) is 8.42 Å². The number of hydrogen-bond acceptors (Lipinski definition) is 4. The second kappa shape index (κ2) is 9.50. The lowest BCUT2D eigenvalue weighted by atomic mass is 10.1. The van der Waals surface area contributed by atoms with Crippen molar-refractivity contribution in [1.82, 2.24) is 5.32 Å². The fraction of sp³-hybridized carbons (Fsp3) is 0.381. The molecule has 0 aliphatic heterocycles. The van der Waals surface area contributed by atoms with Gasteiger partial charge in [0, 0.05) is 5.02 Å². The molecule has 0 spiro atoms. The number of benzene rings is 2. The predicted molar refractivity (Wildman–Crippen MR) is 117 cm³/mol. The van der Waals surface area contributed by atoms with Gasteiger partial charge in [-0.15, -0.1) is 0 Å². The third-order valence-corrected chi connectivity index (χ3v) is 6.30. The lowest BCUT2D eigenvalue weighted by Gasteiger charge is -2.28. The molecule has 0 aromatic heterocycles. The van der Waals surface area contributed by atoms with Crippen molar-refractivity contribution in [3.63, 3.8) is 0 Å². The number of carbonyl (C=O) groups excluding carboxylic acids is 1. The average molecular weight is 439 g/mol. The van der Waals surface area contributed by atoms with E-state index in [0.717, 1.165) is 27.3 Å². The van der Waals surface area contributed by atoms with Crippen LogP contribution in [-0.4, -0.2) is 39.8 Å². The van der Waals surface area contributed by atoms with Crippen LogP contribution in [0.4, 0.5) is 5.69 Å². The van der Waals surface area contributed by atoms with Gasteiger partial charge in [0.05, 0.1) is 18.5 Å². The van der Waals surface area contributed by atoms with E-state index in [-0.39, 0.29) is 13.2 Å². The van der Waals surface area contributed by atoms with Gasteiger partial charge in [-0.05, 0) is 68.7 Å². The van der Waals surface area contributed by atoms with E-state index in [9.17, 15) is 13.2 Å². The Kier molecular flexibility index (Phi) is 7.54. The van der Waals surface area contributed by atoms with Gasteiger partial charge in [-0.2, -0.15) is 0 Å². The highest BCUT2D eigenvalue weighted by molar-refractivity contribution is 7.92.